The number of ether oxygens (including phenoxy) is 1. The van der Waals surface area contributed by atoms with E-state index in [1.54, 1.807) is 0 Å². The minimum absolute atomic E-state index is 0.0428. The van der Waals surface area contributed by atoms with E-state index in [9.17, 15) is 4.79 Å². The lowest BCUT2D eigenvalue weighted by Gasteiger charge is -2.30. The molecule has 0 bridgehead atoms. The van der Waals surface area contributed by atoms with Crippen LogP contribution in [0, 0.1) is 5.92 Å². The molecule has 1 aliphatic carbocycles. The topological polar surface area (TPSA) is 38.3 Å². The lowest BCUT2D eigenvalue weighted by Crippen LogP contribution is -2.47. The molecule has 0 spiro atoms. The molecule has 0 heterocycles. The van der Waals surface area contributed by atoms with E-state index >= 15 is 0 Å². The summed E-state index contributed by atoms with van der Waals surface area (Å²) in [4.78, 5) is 12.0. The molecule has 1 aliphatic rings. The average Bonchev–Trinajstić information content (AvgIpc) is 2.05. The molecule has 0 radical (unpaired) electrons. The zero-order valence-electron chi connectivity index (χ0n) is 11.0. The van der Waals surface area contributed by atoms with Gasteiger partial charge in [0, 0.05) is 12.1 Å². The molecule has 1 unspecified atom stereocenters. The molecular weight excluding hydrogens is 202 g/mol. The Hall–Kier alpha value is -0.570. The van der Waals surface area contributed by atoms with Crippen molar-refractivity contribution in [2.24, 2.45) is 5.92 Å². The van der Waals surface area contributed by atoms with Crippen molar-refractivity contribution >= 4 is 5.91 Å². The first kappa shape index (κ1) is 13.5. The number of hydrogen-bond acceptors (Lipinski definition) is 2. The third-order valence-corrected chi connectivity index (χ3v) is 2.93. The van der Waals surface area contributed by atoms with Crippen LogP contribution >= 0.6 is 0 Å². The van der Waals surface area contributed by atoms with Crippen molar-refractivity contribution in [2.75, 3.05) is 6.61 Å². The standard InChI is InChI=1S/C13H25NO2/c1-5-16-11(9-10-7-6-8-10)12(15)14-13(2,3)4/h10-11H,5-9H2,1-4H3,(H,14,15). The van der Waals surface area contributed by atoms with Crippen LogP contribution < -0.4 is 5.32 Å². The van der Waals surface area contributed by atoms with Crippen LogP contribution in [0.25, 0.3) is 0 Å². The van der Waals surface area contributed by atoms with Gasteiger partial charge in [0.2, 0.25) is 5.91 Å². The van der Waals surface area contributed by atoms with Crippen LogP contribution in [0.4, 0.5) is 0 Å². The summed E-state index contributed by atoms with van der Waals surface area (Å²) in [6, 6.07) is 0. The fraction of sp³-hybridized carbons (Fsp3) is 0.923. The van der Waals surface area contributed by atoms with Crippen molar-refractivity contribution in [1.29, 1.82) is 0 Å². The van der Waals surface area contributed by atoms with Gasteiger partial charge in [-0.2, -0.15) is 0 Å². The Morgan fingerprint density at radius 1 is 1.44 bits per heavy atom. The summed E-state index contributed by atoms with van der Waals surface area (Å²) >= 11 is 0. The van der Waals surface area contributed by atoms with Crippen molar-refractivity contribution in [3.8, 4) is 0 Å². The Morgan fingerprint density at radius 3 is 2.44 bits per heavy atom. The number of hydrogen-bond donors (Lipinski definition) is 1. The highest BCUT2D eigenvalue weighted by Gasteiger charge is 2.28. The molecule has 3 nitrogen and oxygen atoms in total. The third-order valence-electron chi connectivity index (χ3n) is 2.93. The number of carbonyl (C=O) groups excluding carboxylic acids is 1. The first-order chi connectivity index (χ1) is 7.42. The number of amides is 1. The van der Waals surface area contributed by atoms with E-state index in [1.807, 2.05) is 27.7 Å². The smallest absolute Gasteiger partial charge is 0.249 e. The largest absolute Gasteiger partial charge is 0.369 e. The molecule has 1 fully saturated rings. The molecule has 0 aromatic heterocycles. The Morgan fingerprint density at radius 2 is 2.06 bits per heavy atom. The SMILES string of the molecule is CCOC(CC1CCC1)C(=O)NC(C)(C)C. The third kappa shape index (κ3) is 4.52. The van der Waals surface area contributed by atoms with Crippen molar-refractivity contribution in [1.82, 2.24) is 5.32 Å². The van der Waals surface area contributed by atoms with Gasteiger partial charge in [0.25, 0.3) is 0 Å². The average molecular weight is 227 g/mol. The highest BCUT2D eigenvalue weighted by Crippen LogP contribution is 2.31. The van der Waals surface area contributed by atoms with Crippen molar-refractivity contribution < 1.29 is 9.53 Å². The zero-order chi connectivity index (χ0) is 12.2. The first-order valence-electron chi connectivity index (χ1n) is 6.36. The minimum Gasteiger partial charge on any atom is -0.369 e. The summed E-state index contributed by atoms with van der Waals surface area (Å²) in [5, 5.41) is 2.99. The van der Waals surface area contributed by atoms with Crippen LogP contribution in [0.1, 0.15) is 53.4 Å². The van der Waals surface area contributed by atoms with Gasteiger partial charge in [-0.1, -0.05) is 19.3 Å². The molecule has 16 heavy (non-hydrogen) atoms. The van der Waals surface area contributed by atoms with Gasteiger partial charge in [-0.3, -0.25) is 4.79 Å². The van der Waals surface area contributed by atoms with Gasteiger partial charge in [0.1, 0.15) is 6.10 Å². The van der Waals surface area contributed by atoms with E-state index < -0.39 is 0 Å². The maximum Gasteiger partial charge on any atom is 0.249 e. The number of rotatable bonds is 5. The van der Waals surface area contributed by atoms with Crippen molar-refractivity contribution in [3.05, 3.63) is 0 Å². The number of carbonyl (C=O) groups is 1. The molecule has 1 N–H and O–H groups in total. The van der Waals surface area contributed by atoms with Crippen LogP contribution in [0.2, 0.25) is 0 Å². The predicted octanol–water partition coefficient (Wildman–Crippen LogP) is 2.50. The Kier molecular flexibility index (Phi) is 4.78. The van der Waals surface area contributed by atoms with Crippen LogP contribution in [-0.2, 0) is 9.53 Å². The number of nitrogens with one attached hydrogen (secondary N) is 1. The lowest BCUT2D eigenvalue weighted by atomic mass is 9.81. The van der Waals surface area contributed by atoms with Crippen LogP contribution in [0.3, 0.4) is 0 Å². The Bertz CT molecular complexity index is 229. The fourth-order valence-electron chi connectivity index (χ4n) is 1.93. The molecular formula is C13H25NO2. The molecule has 94 valence electrons. The summed E-state index contributed by atoms with van der Waals surface area (Å²) in [7, 11) is 0. The van der Waals surface area contributed by atoms with Gasteiger partial charge in [-0.25, -0.2) is 0 Å². The Balaban J connectivity index is 2.43. The second-order valence-corrected chi connectivity index (χ2v) is 5.72. The maximum atomic E-state index is 12.0. The van der Waals surface area contributed by atoms with Crippen LogP contribution in [-0.4, -0.2) is 24.2 Å². The summed E-state index contributed by atoms with van der Waals surface area (Å²) in [5.74, 6) is 0.739. The molecule has 0 saturated heterocycles. The van der Waals surface area contributed by atoms with Gasteiger partial charge >= 0.3 is 0 Å². The first-order valence-corrected chi connectivity index (χ1v) is 6.36. The van der Waals surface area contributed by atoms with E-state index in [1.165, 1.54) is 19.3 Å². The summed E-state index contributed by atoms with van der Waals surface area (Å²) < 4.78 is 5.54. The quantitative estimate of drug-likeness (QED) is 0.783. The van der Waals surface area contributed by atoms with E-state index in [-0.39, 0.29) is 17.6 Å². The van der Waals surface area contributed by atoms with Crippen LogP contribution in [0.5, 0.6) is 0 Å². The molecule has 0 aromatic carbocycles. The summed E-state index contributed by atoms with van der Waals surface area (Å²) in [5.41, 5.74) is -0.175. The van der Waals surface area contributed by atoms with Gasteiger partial charge in [-0.05, 0) is 40.0 Å². The van der Waals surface area contributed by atoms with E-state index in [0.717, 1.165) is 6.42 Å². The van der Waals surface area contributed by atoms with Crippen LogP contribution in [0.15, 0.2) is 0 Å². The molecule has 0 aromatic rings. The van der Waals surface area contributed by atoms with Gasteiger partial charge < -0.3 is 10.1 Å². The van der Waals surface area contributed by atoms with Crippen molar-refractivity contribution in [2.45, 2.75) is 65.0 Å². The fourth-order valence-corrected chi connectivity index (χ4v) is 1.93. The second kappa shape index (κ2) is 5.67. The Labute approximate surface area is 98.9 Å². The zero-order valence-corrected chi connectivity index (χ0v) is 11.0. The van der Waals surface area contributed by atoms with Gasteiger partial charge in [-0.15, -0.1) is 0 Å². The molecule has 1 amide bonds. The lowest BCUT2D eigenvalue weighted by molar-refractivity contribution is -0.135. The monoisotopic (exact) mass is 227 g/mol. The highest BCUT2D eigenvalue weighted by molar-refractivity contribution is 5.81. The van der Waals surface area contributed by atoms with E-state index in [2.05, 4.69) is 5.32 Å². The highest BCUT2D eigenvalue weighted by atomic mass is 16.5. The minimum atomic E-state index is -0.255. The normalized spacial score (nSPS) is 19.0. The summed E-state index contributed by atoms with van der Waals surface area (Å²) in [6.07, 6.45) is 4.45. The van der Waals surface area contributed by atoms with E-state index in [4.69, 9.17) is 4.74 Å². The molecule has 1 atom stereocenters. The van der Waals surface area contributed by atoms with Gasteiger partial charge in [0.15, 0.2) is 0 Å². The molecule has 1 rings (SSSR count). The van der Waals surface area contributed by atoms with E-state index in [0.29, 0.717) is 12.5 Å². The molecule has 0 aliphatic heterocycles. The summed E-state index contributed by atoms with van der Waals surface area (Å²) in [6.45, 7) is 8.54. The van der Waals surface area contributed by atoms with Crippen molar-refractivity contribution in [3.63, 3.8) is 0 Å². The second-order valence-electron chi connectivity index (χ2n) is 5.72. The predicted molar refractivity (Wildman–Crippen MR) is 65.3 cm³/mol. The van der Waals surface area contributed by atoms with Gasteiger partial charge in [0.05, 0.1) is 0 Å². The maximum absolute atomic E-state index is 12.0. The molecule has 1 saturated carbocycles. The molecule has 3 heteroatoms.